The summed E-state index contributed by atoms with van der Waals surface area (Å²) < 4.78 is 0. The Morgan fingerprint density at radius 3 is 1.23 bits per heavy atom. The fourth-order valence-electron chi connectivity index (χ4n) is 11.1. The van der Waals surface area contributed by atoms with E-state index in [1.54, 1.807) is 0 Å². The van der Waals surface area contributed by atoms with E-state index in [4.69, 9.17) is 0 Å². The minimum atomic E-state index is -0.155. The van der Waals surface area contributed by atoms with Crippen LogP contribution in [0.15, 0.2) is 231 Å². The average Bonchev–Trinajstić information content (AvgIpc) is 3.73. The molecule has 0 aliphatic heterocycles. The van der Waals surface area contributed by atoms with Crippen molar-refractivity contribution in [2.45, 2.75) is 38.5 Å². The molecule has 0 unspecified atom stereocenters. The van der Waals surface area contributed by atoms with Gasteiger partial charge in [-0.25, -0.2) is 0 Å². The lowest BCUT2D eigenvalue weighted by Crippen LogP contribution is -2.17. The van der Waals surface area contributed by atoms with Gasteiger partial charge in [-0.05, 0) is 144 Å². The van der Waals surface area contributed by atoms with E-state index in [1.807, 2.05) is 0 Å². The summed E-state index contributed by atoms with van der Waals surface area (Å²) in [5, 5.41) is 2.45. The summed E-state index contributed by atoms with van der Waals surface area (Å²) in [4.78, 5) is 4.92. The van der Waals surface area contributed by atoms with Crippen molar-refractivity contribution >= 4 is 44.9 Å². The summed E-state index contributed by atoms with van der Waals surface area (Å²) in [6, 6.07) is 85.3. The van der Waals surface area contributed by atoms with Gasteiger partial charge in [0.2, 0.25) is 0 Å². The Kier molecular flexibility index (Phi) is 9.22. The highest BCUT2D eigenvalue weighted by Crippen LogP contribution is 2.53. The molecule has 2 heteroatoms. The number of anilines is 6. The molecule has 2 aliphatic rings. The van der Waals surface area contributed by atoms with Crippen LogP contribution in [0.5, 0.6) is 0 Å². The number of hydrogen-bond acceptors (Lipinski definition) is 2. The molecule has 0 aromatic heterocycles. The maximum atomic E-state index is 2.46. The minimum Gasteiger partial charge on any atom is -0.310 e. The van der Waals surface area contributed by atoms with E-state index < -0.39 is 0 Å². The third-order valence-electron chi connectivity index (χ3n) is 14.4. The summed E-state index contributed by atoms with van der Waals surface area (Å²) in [6.07, 6.45) is 0. The van der Waals surface area contributed by atoms with E-state index in [0.717, 1.165) is 39.7 Å². The van der Waals surface area contributed by atoms with Crippen molar-refractivity contribution in [2.24, 2.45) is 0 Å². The Labute approximate surface area is 388 Å². The topological polar surface area (TPSA) is 6.48 Å². The van der Waals surface area contributed by atoms with Crippen molar-refractivity contribution in [1.29, 1.82) is 0 Å². The molecular weight excluding hydrogens is 797 g/mol. The number of fused-ring (bicyclic) bond motifs is 7. The smallest absolute Gasteiger partial charge is 0.0488 e. The van der Waals surface area contributed by atoms with Gasteiger partial charge in [0.25, 0.3) is 0 Å². The molecule has 0 fully saturated rings. The molecular formula is C64H50N2. The average molecular weight is 847 g/mol. The second-order valence-corrected chi connectivity index (χ2v) is 19.0. The molecule has 10 aromatic rings. The first kappa shape index (κ1) is 39.6. The molecule has 0 saturated carbocycles. The Bertz CT molecular complexity index is 3310. The van der Waals surface area contributed by atoms with E-state index in [0.29, 0.717) is 0 Å². The van der Waals surface area contributed by atoms with Crippen LogP contribution in [0.3, 0.4) is 0 Å². The number of hydrogen-bond donors (Lipinski definition) is 0. The van der Waals surface area contributed by atoms with Crippen molar-refractivity contribution in [2.75, 3.05) is 9.80 Å². The quantitative estimate of drug-likeness (QED) is 0.150. The van der Waals surface area contributed by atoms with Crippen LogP contribution in [0.4, 0.5) is 34.1 Å². The van der Waals surface area contributed by atoms with Crippen LogP contribution in [0.25, 0.3) is 55.3 Å². The van der Waals surface area contributed by atoms with Crippen LogP contribution in [0, 0.1) is 0 Å². The number of rotatable bonds is 8. The van der Waals surface area contributed by atoms with Gasteiger partial charge in [-0.1, -0.05) is 191 Å². The van der Waals surface area contributed by atoms with Crippen LogP contribution in [-0.2, 0) is 10.8 Å². The third kappa shape index (κ3) is 6.31. The Morgan fingerprint density at radius 2 is 0.697 bits per heavy atom. The summed E-state index contributed by atoms with van der Waals surface area (Å²) in [5.41, 5.74) is 21.7. The Hall–Kier alpha value is -7.94. The monoisotopic (exact) mass is 846 g/mol. The van der Waals surface area contributed by atoms with Gasteiger partial charge in [-0.2, -0.15) is 0 Å². The molecule has 0 saturated heterocycles. The standard InChI is InChI=1S/C64H50N2/c1-63(2)58-30-18-16-28-54(58)56-36-33-48(41-60(56)63)65(46-23-10-6-11-24-46)50-38-45(53-35-32-43-20-14-15-27-52(43)62(53)44-21-8-5-9-22-44)39-51(40-50)66(47-25-12-7-13-26-47)49-34-37-57-55-29-17-19-31-59(55)64(3,4)61(57)42-49/h5-42H,1-4H3. The second kappa shape index (κ2) is 15.4. The number of nitrogens with zero attached hydrogens (tertiary/aromatic N) is 2. The predicted molar refractivity (Wildman–Crippen MR) is 279 cm³/mol. The summed E-state index contributed by atoms with van der Waals surface area (Å²) in [6.45, 7) is 9.47. The van der Waals surface area contributed by atoms with Gasteiger partial charge < -0.3 is 9.80 Å². The Balaban J connectivity index is 1.14. The zero-order valence-electron chi connectivity index (χ0n) is 37.8. The first-order chi connectivity index (χ1) is 32.3. The van der Waals surface area contributed by atoms with E-state index in [9.17, 15) is 0 Å². The van der Waals surface area contributed by atoms with Gasteiger partial charge in [-0.15, -0.1) is 0 Å². The van der Waals surface area contributed by atoms with E-state index in [1.165, 1.54) is 72.0 Å². The van der Waals surface area contributed by atoms with Gasteiger partial charge in [0, 0.05) is 45.0 Å². The van der Waals surface area contributed by atoms with Gasteiger partial charge in [0.15, 0.2) is 0 Å². The van der Waals surface area contributed by atoms with Crippen molar-refractivity contribution in [3.05, 3.63) is 253 Å². The molecule has 316 valence electrons. The third-order valence-corrected chi connectivity index (χ3v) is 14.4. The van der Waals surface area contributed by atoms with Crippen molar-refractivity contribution in [3.63, 3.8) is 0 Å². The fraction of sp³-hybridized carbons (Fsp3) is 0.0938. The zero-order chi connectivity index (χ0) is 44.6. The van der Waals surface area contributed by atoms with Gasteiger partial charge in [0.05, 0.1) is 0 Å². The molecule has 12 rings (SSSR count). The molecule has 0 atom stereocenters. The zero-order valence-corrected chi connectivity index (χ0v) is 37.8. The lowest BCUT2D eigenvalue weighted by Gasteiger charge is -2.32. The fourth-order valence-corrected chi connectivity index (χ4v) is 11.1. The summed E-state index contributed by atoms with van der Waals surface area (Å²) >= 11 is 0. The molecule has 2 aliphatic carbocycles. The van der Waals surface area contributed by atoms with E-state index in [-0.39, 0.29) is 10.8 Å². The number of benzene rings is 10. The molecule has 0 radical (unpaired) electrons. The van der Waals surface area contributed by atoms with Crippen molar-refractivity contribution < 1.29 is 0 Å². The Morgan fingerprint density at radius 1 is 0.273 bits per heavy atom. The maximum Gasteiger partial charge on any atom is 0.0488 e. The largest absolute Gasteiger partial charge is 0.310 e. The van der Waals surface area contributed by atoms with Crippen molar-refractivity contribution in [1.82, 2.24) is 0 Å². The highest BCUT2D eigenvalue weighted by molar-refractivity contribution is 6.05. The minimum absolute atomic E-state index is 0.155. The molecule has 0 bridgehead atoms. The first-order valence-electron chi connectivity index (χ1n) is 23.2. The lowest BCUT2D eigenvalue weighted by molar-refractivity contribution is 0.660. The normalized spacial score (nSPS) is 13.7. The second-order valence-electron chi connectivity index (χ2n) is 19.0. The van der Waals surface area contributed by atoms with Gasteiger partial charge in [-0.3, -0.25) is 0 Å². The molecule has 0 N–H and O–H groups in total. The van der Waals surface area contributed by atoms with Crippen LogP contribution in [0.1, 0.15) is 49.9 Å². The highest BCUT2D eigenvalue weighted by atomic mass is 15.2. The van der Waals surface area contributed by atoms with Gasteiger partial charge in [0.1, 0.15) is 0 Å². The van der Waals surface area contributed by atoms with Crippen LogP contribution in [0.2, 0.25) is 0 Å². The molecule has 2 nitrogen and oxygen atoms in total. The SMILES string of the molecule is CC1(C)c2ccccc2-c2ccc(N(c3ccccc3)c3cc(-c4ccc5ccccc5c4-c4ccccc4)cc(N(c4ccccc4)c4ccc5c(c4)C(C)(C)c4ccccc4-5)c3)cc21. The van der Waals surface area contributed by atoms with E-state index in [2.05, 4.69) is 268 Å². The molecule has 0 spiro atoms. The van der Waals surface area contributed by atoms with E-state index >= 15 is 0 Å². The maximum absolute atomic E-state index is 2.46. The summed E-state index contributed by atoms with van der Waals surface area (Å²) in [5.74, 6) is 0. The summed E-state index contributed by atoms with van der Waals surface area (Å²) in [7, 11) is 0. The molecule has 66 heavy (non-hydrogen) atoms. The predicted octanol–water partition coefficient (Wildman–Crippen LogP) is 17.7. The number of para-hydroxylation sites is 2. The van der Waals surface area contributed by atoms with Crippen molar-refractivity contribution in [3.8, 4) is 44.5 Å². The van der Waals surface area contributed by atoms with Crippen LogP contribution < -0.4 is 9.80 Å². The lowest BCUT2D eigenvalue weighted by atomic mass is 9.82. The van der Waals surface area contributed by atoms with Gasteiger partial charge >= 0.3 is 0 Å². The highest BCUT2D eigenvalue weighted by Gasteiger charge is 2.37. The molecule has 0 heterocycles. The first-order valence-corrected chi connectivity index (χ1v) is 23.2. The molecule has 10 aromatic carbocycles. The van der Waals surface area contributed by atoms with Crippen LogP contribution in [-0.4, -0.2) is 0 Å². The van der Waals surface area contributed by atoms with Crippen LogP contribution >= 0.6 is 0 Å². The molecule has 0 amide bonds.